The summed E-state index contributed by atoms with van der Waals surface area (Å²) < 4.78 is 35.1. The molecular weight excluding hydrogens is 458 g/mol. The van der Waals surface area contributed by atoms with Crippen molar-refractivity contribution in [3.05, 3.63) is 78.0 Å². The van der Waals surface area contributed by atoms with Gasteiger partial charge in [0, 0.05) is 37.3 Å². The number of hydrogen-bond acceptors (Lipinski definition) is 7. The van der Waals surface area contributed by atoms with Gasteiger partial charge in [-0.2, -0.15) is 0 Å². The van der Waals surface area contributed by atoms with E-state index in [-0.39, 0.29) is 12.4 Å². The minimum absolute atomic E-state index is 0.111. The molecule has 0 spiro atoms. The predicted molar refractivity (Wildman–Crippen MR) is 118 cm³/mol. The molecule has 12 heteroatoms. The van der Waals surface area contributed by atoms with Gasteiger partial charge in [0.2, 0.25) is 11.7 Å². The monoisotopic (exact) mass is 476 g/mol. The molecule has 6 rings (SSSR count). The van der Waals surface area contributed by atoms with Crippen LogP contribution in [0.1, 0.15) is 45.9 Å². The molecule has 0 fully saturated rings. The number of aromatic amines is 1. The van der Waals surface area contributed by atoms with Crippen LogP contribution < -0.4 is 0 Å². The molecule has 35 heavy (non-hydrogen) atoms. The fraction of sp³-hybridized carbons (Fsp3) is 0.217. The van der Waals surface area contributed by atoms with Gasteiger partial charge in [-0.3, -0.25) is 4.79 Å². The highest BCUT2D eigenvalue weighted by atomic mass is 19.3. The van der Waals surface area contributed by atoms with E-state index in [1.807, 2.05) is 24.3 Å². The number of para-hydroxylation sites is 1. The summed E-state index contributed by atoms with van der Waals surface area (Å²) in [6.07, 6.45) is 3.56. The Hall–Kier alpha value is -4.48. The lowest BCUT2D eigenvalue weighted by Crippen LogP contribution is -2.41. The number of fused-ring (bicyclic) bond motifs is 2. The second-order valence-corrected chi connectivity index (χ2v) is 8.13. The normalized spacial score (nSPS) is 15.7. The fourth-order valence-corrected chi connectivity index (χ4v) is 4.31. The Labute approximate surface area is 196 Å². The van der Waals surface area contributed by atoms with Crippen LogP contribution in [0.5, 0.6) is 0 Å². The number of amides is 1. The lowest BCUT2D eigenvalue weighted by molar-refractivity contribution is 0.0636. The molecule has 1 aliphatic rings. The van der Waals surface area contributed by atoms with Crippen molar-refractivity contribution in [2.45, 2.75) is 18.9 Å². The van der Waals surface area contributed by atoms with Crippen molar-refractivity contribution in [2.24, 2.45) is 7.05 Å². The van der Waals surface area contributed by atoms with Crippen molar-refractivity contribution in [1.82, 2.24) is 39.4 Å². The Morgan fingerprint density at radius 3 is 2.86 bits per heavy atom. The molecule has 0 unspecified atom stereocenters. The van der Waals surface area contributed by atoms with Gasteiger partial charge < -0.3 is 18.9 Å². The van der Waals surface area contributed by atoms with Crippen molar-refractivity contribution in [3.8, 4) is 11.6 Å². The maximum atomic E-state index is 13.9. The van der Waals surface area contributed by atoms with Gasteiger partial charge in [-0.05, 0) is 6.07 Å². The maximum Gasteiger partial charge on any atom is 0.292 e. The largest absolute Gasteiger partial charge is 0.429 e. The van der Waals surface area contributed by atoms with Crippen LogP contribution in [0.4, 0.5) is 8.78 Å². The van der Waals surface area contributed by atoms with Gasteiger partial charge in [-0.25, -0.2) is 33.7 Å². The van der Waals surface area contributed by atoms with E-state index in [4.69, 9.17) is 4.42 Å². The van der Waals surface area contributed by atoms with Crippen LogP contribution in [0.25, 0.3) is 22.5 Å². The quantitative estimate of drug-likeness (QED) is 0.422. The van der Waals surface area contributed by atoms with Crippen molar-refractivity contribution in [2.75, 3.05) is 6.54 Å². The predicted octanol–water partition coefficient (Wildman–Crippen LogP) is 3.47. The van der Waals surface area contributed by atoms with Crippen LogP contribution in [-0.2, 0) is 13.5 Å². The first-order valence-electron chi connectivity index (χ1n) is 10.8. The minimum Gasteiger partial charge on any atom is -0.429 e. The number of H-pyrrole nitrogens is 1. The number of alkyl halides is 2. The van der Waals surface area contributed by atoms with E-state index in [0.29, 0.717) is 29.1 Å². The molecule has 5 heterocycles. The van der Waals surface area contributed by atoms with E-state index in [9.17, 15) is 13.6 Å². The Morgan fingerprint density at radius 2 is 2.06 bits per heavy atom. The summed E-state index contributed by atoms with van der Waals surface area (Å²) in [4.78, 5) is 39.6. The molecule has 1 aliphatic heterocycles. The van der Waals surface area contributed by atoms with Crippen LogP contribution in [0, 0.1) is 0 Å². The van der Waals surface area contributed by atoms with Gasteiger partial charge in [0.25, 0.3) is 12.3 Å². The van der Waals surface area contributed by atoms with Gasteiger partial charge in [0.1, 0.15) is 11.7 Å². The third kappa shape index (κ3) is 3.45. The zero-order valence-corrected chi connectivity index (χ0v) is 18.4. The number of nitrogens with one attached hydrogen (secondary N) is 1. The average Bonchev–Trinajstić information content (AvgIpc) is 3.61. The number of hydrogen-bond donors (Lipinski definition) is 1. The lowest BCUT2D eigenvalue weighted by Gasteiger charge is -2.33. The highest BCUT2D eigenvalue weighted by molar-refractivity contribution is 5.93. The molecule has 0 bridgehead atoms. The highest BCUT2D eigenvalue weighted by Gasteiger charge is 2.40. The second kappa shape index (κ2) is 8.08. The third-order valence-corrected chi connectivity index (χ3v) is 6.03. The molecule has 0 saturated carbocycles. The first-order chi connectivity index (χ1) is 17.0. The number of benzene rings is 1. The van der Waals surface area contributed by atoms with E-state index in [0.717, 1.165) is 11.1 Å². The number of aromatic nitrogens is 7. The first kappa shape index (κ1) is 21.1. The molecule has 0 radical (unpaired) electrons. The summed E-state index contributed by atoms with van der Waals surface area (Å²) in [5.74, 6) is -1.05. The van der Waals surface area contributed by atoms with Crippen LogP contribution in [0.2, 0.25) is 0 Å². The Kier molecular flexibility index (Phi) is 4.87. The van der Waals surface area contributed by atoms with Crippen LogP contribution in [-0.4, -0.2) is 51.8 Å². The molecular formula is C23H18F2N8O2. The second-order valence-electron chi connectivity index (χ2n) is 8.13. The van der Waals surface area contributed by atoms with Gasteiger partial charge in [0.05, 0.1) is 30.1 Å². The molecule has 5 aromatic rings. The topological polar surface area (TPSA) is 119 Å². The lowest BCUT2D eigenvalue weighted by atomic mass is 10.0. The standard InChI is InChI=1S/C23H18F2N8O2/c1-32-11-26-9-15(32)22-31-17(20(24)25)19(35-22)23(34)33-7-6-14-16(29-10-28-14)18(33)21-27-8-12-4-2-3-5-13(12)30-21/h2-5,8-11,18,20H,6-7H2,1H3,(H,28,29)/t18-/m1/s1. The molecule has 0 aliphatic carbocycles. The van der Waals surface area contributed by atoms with Crippen LogP contribution >= 0.6 is 0 Å². The number of aryl methyl sites for hydroxylation is 1. The average molecular weight is 476 g/mol. The number of carbonyl (C=O) groups excluding carboxylic acids is 1. The number of rotatable bonds is 4. The van der Waals surface area contributed by atoms with E-state index in [2.05, 4.69) is 29.9 Å². The molecule has 1 N–H and O–H groups in total. The number of oxazole rings is 1. The zero-order valence-electron chi connectivity index (χ0n) is 18.4. The molecule has 4 aromatic heterocycles. The Balaban J connectivity index is 1.46. The summed E-state index contributed by atoms with van der Waals surface area (Å²) in [5, 5.41) is 0.836. The van der Waals surface area contributed by atoms with E-state index in [1.54, 1.807) is 17.8 Å². The van der Waals surface area contributed by atoms with Crippen molar-refractivity contribution < 1.29 is 18.0 Å². The highest BCUT2D eigenvalue weighted by Crippen LogP contribution is 2.36. The molecule has 176 valence electrons. The molecule has 1 aromatic carbocycles. The van der Waals surface area contributed by atoms with Gasteiger partial charge >= 0.3 is 0 Å². The molecule has 10 nitrogen and oxygen atoms in total. The minimum atomic E-state index is -3.01. The number of halogens is 2. The molecule has 0 saturated heterocycles. The van der Waals surface area contributed by atoms with E-state index < -0.39 is 29.8 Å². The third-order valence-electron chi connectivity index (χ3n) is 6.03. The zero-order chi connectivity index (χ0) is 24.1. The number of nitrogens with zero attached hydrogens (tertiary/aromatic N) is 7. The Bertz CT molecular complexity index is 1560. The van der Waals surface area contributed by atoms with Crippen molar-refractivity contribution >= 4 is 16.8 Å². The summed E-state index contributed by atoms with van der Waals surface area (Å²) in [7, 11) is 1.67. The summed E-state index contributed by atoms with van der Waals surface area (Å²) >= 11 is 0. The summed E-state index contributed by atoms with van der Waals surface area (Å²) in [5.41, 5.74) is 1.73. The maximum absolute atomic E-state index is 13.9. The van der Waals surface area contributed by atoms with E-state index in [1.165, 1.54) is 23.8 Å². The van der Waals surface area contributed by atoms with Crippen molar-refractivity contribution in [1.29, 1.82) is 0 Å². The fourth-order valence-electron chi connectivity index (χ4n) is 4.31. The van der Waals surface area contributed by atoms with Crippen LogP contribution in [0.15, 0.2) is 53.7 Å². The van der Waals surface area contributed by atoms with Gasteiger partial charge in [-0.15, -0.1) is 0 Å². The smallest absolute Gasteiger partial charge is 0.292 e. The Morgan fingerprint density at radius 1 is 1.20 bits per heavy atom. The summed E-state index contributed by atoms with van der Waals surface area (Å²) in [6, 6.07) is 6.66. The van der Waals surface area contributed by atoms with Crippen molar-refractivity contribution in [3.63, 3.8) is 0 Å². The molecule has 1 atom stereocenters. The van der Waals surface area contributed by atoms with Gasteiger partial charge in [0.15, 0.2) is 11.5 Å². The van der Waals surface area contributed by atoms with Crippen LogP contribution in [0.3, 0.4) is 0 Å². The van der Waals surface area contributed by atoms with E-state index >= 15 is 0 Å². The SMILES string of the molecule is Cn1cncc1-c1nc(C(F)F)c(C(=O)N2CCc3[nH]cnc3[C@@H]2c2ncc3ccccc3n2)o1. The number of carbonyl (C=O) groups is 1. The van der Waals surface area contributed by atoms with Gasteiger partial charge in [-0.1, -0.05) is 18.2 Å². The first-order valence-corrected chi connectivity index (χ1v) is 10.8. The molecule has 1 amide bonds. The number of imidazole rings is 2. The summed E-state index contributed by atoms with van der Waals surface area (Å²) in [6.45, 7) is 0.222.